The third-order valence-corrected chi connectivity index (χ3v) is 4.58. The van der Waals surface area contributed by atoms with E-state index in [9.17, 15) is 13.2 Å². The first-order valence-electron chi connectivity index (χ1n) is 6.65. The van der Waals surface area contributed by atoms with Gasteiger partial charge in [0.1, 0.15) is 5.75 Å². The normalized spacial score (nSPS) is 19.0. The zero-order valence-electron chi connectivity index (χ0n) is 11.5. The van der Waals surface area contributed by atoms with Crippen molar-refractivity contribution in [1.82, 2.24) is 9.88 Å². The molecular weight excluding hydrogens is 304 g/mol. The highest BCUT2D eigenvalue weighted by atomic mass is 32.2. The molecule has 0 radical (unpaired) electrons. The van der Waals surface area contributed by atoms with Crippen LogP contribution < -0.4 is 10.1 Å². The van der Waals surface area contributed by atoms with E-state index in [0.29, 0.717) is 5.75 Å². The van der Waals surface area contributed by atoms with E-state index in [-0.39, 0.29) is 5.75 Å². The van der Waals surface area contributed by atoms with E-state index in [1.165, 1.54) is 6.08 Å². The molecule has 2 heterocycles. The van der Waals surface area contributed by atoms with Crippen LogP contribution in [0, 0.1) is 0 Å². The zero-order chi connectivity index (χ0) is 15.6. The summed E-state index contributed by atoms with van der Waals surface area (Å²) in [6.45, 7) is 0. The van der Waals surface area contributed by atoms with Crippen molar-refractivity contribution in [2.45, 2.75) is 6.04 Å². The maximum absolute atomic E-state index is 11.7. The number of amides is 1. The topological polar surface area (TPSA) is 77.4 Å². The van der Waals surface area contributed by atoms with E-state index in [1.54, 1.807) is 12.1 Å². The lowest BCUT2D eigenvalue weighted by Crippen LogP contribution is -2.37. The van der Waals surface area contributed by atoms with Crippen LogP contribution in [0.4, 0.5) is 4.79 Å². The molecule has 1 aromatic carbocycles. The molecule has 0 saturated heterocycles. The molecule has 114 valence electrons. The van der Waals surface area contributed by atoms with Gasteiger partial charge in [-0.3, -0.25) is 0 Å². The van der Waals surface area contributed by atoms with Gasteiger partial charge in [0.2, 0.25) is 0 Å². The summed E-state index contributed by atoms with van der Waals surface area (Å²) < 4.78 is 29.6. The fourth-order valence-corrected chi connectivity index (χ4v) is 3.38. The van der Waals surface area contributed by atoms with Gasteiger partial charge >= 0.3 is 6.09 Å². The number of benzene rings is 1. The first kappa shape index (κ1) is 14.4. The summed E-state index contributed by atoms with van der Waals surface area (Å²) >= 11 is 0. The SMILES string of the molecule is O=C(N[C@H]1C=CS(=O)(=O)C1)Oc1ccc(-n2cccc2)cc1. The Balaban J connectivity index is 1.59. The van der Waals surface area contributed by atoms with Gasteiger partial charge < -0.3 is 14.6 Å². The lowest BCUT2D eigenvalue weighted by molar-refractivity contribution is 0.199. The van der Waals surface area contributed by atoms with Crippen molar-refractivity contribution in [3.8, 4) is 11.4 Å². The lowest BCUT2D eigenvalue weighted by Gasteiger charge is -2.11. The first-order chi connectivity index (χ1) is 10.5. The maximum Gasteiger partial charge on any atom is 0.413 e. The van der Waals surface area contributed by atoms with E-state index in [4.69, 9.17) is 4.74 Å². The van der Waals surface area contributed by atoms with Crippen molar-refractivity contribution in [2.75, 3.05) is 5.75 Å². The van der Waals surface area contributed by atoms with Crippen LogP contribution in [0.15, 0.2) is 60.3 Å². The van der Waals surface area contributed by atoms with Crippen LogP contribution >= 0.6 is 0 Å². The van der Waals surface area contributed by atoms with Crippen LogP contribution in [-0.2, 0) is 9.84 Å². The van der Waals surface area contributed by atoms with Crippen molar-refractivity contribution in [3.05, 3.63) is 60.3 Å². The van der Waals surface area contributed by atoms with Gasteiger partial charge in [-0.1, -0.05) is 0 Å². The van der Waals surface area contributed by atoms with Gasteiger partial charge in [0.25, 0.3) is 0 Å². The van der Waals surface area contributed by atoms with Crippen LogP contribution in [0.2, 0.25) is 0 Å². The van der Waals surface area contributed by atoms with E-state index >= 15 is 0 Å². The summed E-state index contributed by atoms with van der Waals surface area (Å²) in [6.07, 6.45) is 4.58. The molecule has 0 bridgehead atoms. The molecule has 3 rings (SSSR count). The molecule has 0 fully saturated rings. The minimum atomic E-state index is -3.20. The Morgan fingerprint density at radius 2 is 1.86 bits per heavy atom. The second kappa shape index (κ2) is 5.69. The second-order valence-electron chi connectivity index (χ2n) is 4.88. The third-order valence-electron chi connectivity index (χ3n) is 3.18. The predicted molar refractivity (Wildman–Crippen MR) is 81.6 cm³/mol. The largest absolute Gasteiger partial charge is 0.413 e. The molecule has 2 aromatic rings. The average Bonchev–Trinajstić information content (AvgIpc) is 3.09. The second-order valence-corrected chi connectivity index (χ2v) is 6.81. The quantitative estimate of drug-likeness (QED) is 0.937. The van der Waals surface area contributed by atoms with Crippen LogP contribution in [-0.4, -0.2) is 30.9 Å². The van der Waals surface area contributed by atoms with E-state index in [2.05, 4.69) is 5.32 Å². The molecule has 1 aliphatic heterocycles. The molecule has 1 aliphatic rings. The van der Waals surface area contributed by atoms with Gasteiger partial charge in [-0.2, -0.15) is 0 Å². The average molecular weight is 318 g/mol. The fraction of sp³-hybridized carbons (Fsp3) is 0.133. The van der Waals surface area contributed by atoms with Crippen molar-refractivity contribution < 1.29 is 17.9 Å². The number of aromatic nitrogens is 1. The molecule has 0 spiro atoms. The molecule has 0 saturated carbocycles. The number of hydrogen-bond acceptors (Lipinski definition) is 4. The summed E-state index contributed by atoms with van der Waals surface area (Å²) in [6, 6.07) is 10.3. The number of rotatable bonds is 3. The standard InChI is InChI=1S/C15H14N2O4S/c18-15(16-12-7-10-22(19,20)11-12)21-14-5-3-13(4-6-14)17-8-1-2-9-17/h1-10,12H,11H2,(H,16,18)/t12-/m0/s1. The molecule has 22 heavy (non-hydrogen) atoms. The summed E-state index contributed by atoms with van der Waals surface area (Å²) in [7, 11) is -3.20. The van der Waals surface area contributed by atoms with Gasteiger partial charge in [-0.05, 0) is 42.5 Å². The van der Waals surface area contributed by atoms with Crippen molar-refractivity contribution in [1.29, 1.82) is 0 Å². The van der Waals surface area contributed by atoms with E-state index < -0.39 is 22.0 Å². The van der Waals surface area contributed by atoms with Crippen LogP contribution in [0.3, 0.4) is 0 Å². The van der Waals surface area contributed by atoms with Crippen molar-refractivity contribution in [2.24, 2.45) is 0 Å². The predicted octanol–water partition coefficient (Wildman–Crippen LogP) is 1.88. The van der Waals surface area contributed by atoms with Gasteiger partial charge in [-0.15, -0.1) is 0 Å². The highest BCUT2D eigenvalue weighted by molar-refractivity contribution is 7.94. The zero-order valence-corrected chi connectivity index (χ0v) is 12.4. The van der Waals surface area contributed by atoms with Crippen LogP contribution in [0.5, 0.6) is 5.75 Å². The molecule has 1 N–H and O–H groups in total. The Morgan fingerprint density at radius 3 is 2.45 bits per heavy atom. The molecule has 6 nitrogen and oxygen atoms in total. The smallest absolute Gasteiger partial charge is 0.410 e. The lowest BCUT2D eigenvalue weighted by atomic mass is 10.3. The van der Waals surface area contributed by atoms with Gasteiger partial charge in [-0.25, -0.2) is 13.2 Å². The van der Waals surface area contributed by atoms with Crippen molar-refractivity contribution >= 4 is 15.9 Å². The Morgan fingerprint density at radius 1 is 1.18 bits per heavy atom. The molecule has 1 aromatic heterocycles. The van der Waals surface area contributed by atoms with Crippen LogP contribution in [0.1, 0.15) is 0 Å². The van der Waals surface area contributed by atoms with Crippen LogP contribution in [0.25, 0.3) is 5.69 Å². The number of hydrogen-bond donors (Lipinski definition) is 1. The molecule has 0 unspecified atom stereocenters. The molecule has 1 atom stereocenters. The van der Waals surface area contributed by atoms with E-state index in [0.717, 1.165) is 11.1 Å². The highest BCUT2D eigenvalue weighted by Crippen LogP contribution is 2.16. The number of carbonyl (C=O) groups excluding carboxylic acids is 1. The van der Waals surface area contributed by atoms with Gasteiger partial charge in [0.15, 0.2) is 9.84 Å². The monoisotopic (exact) mass is 318 g/mol. The Kier molecular flexibility index (Phi) is 3.72. The summed E-state index contributed by atoms with van der Waals surface area (Å²) in [4.78, 5) is 11.7. The van der Waals surface area contributed by atoms with Gasteiger partial charge in [0.05, 0.1) is 11.8 Å². The molecular formula is C15H14N2O4S. The third kappa shape index (κ3) is 3.37. The minimum absolute atomic E-state index is 0.130. The Hall–Kier alpha value is -2.54. The van der Waals surface area contributed by atoms with Gasteiger partial charge in [0, 0.05) is 23.5 Å². The number of sulfone groups is 1. The summed E-state index contributed by atoms with van der Waals surface area (Å²) in [5.74, 6) is 0.257. The Bertz CT molecular complexity index is 793. The van der Waals surface area contributed by atoms with E-state index in [1.807, 2.05) is 41.2 Å². The molecule has 1 amide bonds. The Labute approximate surface area is 127 Å². The number of carbonyl (C=O) groups is 1. The summed E-state index contributed by atoms with van der Waals surface area (Å²) in [5, 5.41) is 3.59. The number of ether oxygens (including phenoxy) is 1. The fourth-order valence-electron chi connectivity index (χ4n) is 2.15. The molecule has 0 aliphatic carbocycles. The number of nitrogens with one attached hydrogen (secondary N) is 1. The summed E-state index contributed by atoms with van der Waals surface area (Å²) in [5.41, 5.74) is 0.947. The van der Waals surface area contributed by atoms with Crippen molar-refractivity contribution in [3.63, 3.8) is 0 Å². The first-order valence-corrected chi connectivity index (χ1v) is 8.36. The molecule has 7 heteroatoms. The maximum atomic E-state index is 11.7. The highest BCUT2D eigenvalue weighted by Gasteiger charge is 2.23. The minimum Gasteiger partial charge on any atom is -0.410 e. The number of nitrogens with zero attached hydrogens (tertiary/aromatic N) is 1.